The van der Waals surface area contributed by atoms with E-state index >= 15 is 0 Å². The lowest BCUT2D eigenvalue weighted by atomic mass is 10.0. The Morgan fingerprint density at radius 2 is 2.17 bits per heavy atom. The van der Waals surface area contributed by atoms with E-state index in [-0.39, 0.29) is 5.91 Å². The number of hydrogen-bond acceptors (Lipinski definition) is 6. The largest absolute Gasteiger partial charge is 0.472 e. The third kappa shape index (κ3) is 2.79. The van der Waals surface area contributed by atoms with Crippen molar-refractivity contribution in [2.24, 2.45) is 0 Å². The standard InChI is InChI=1S/C16H16N4O2S/c21-16(11-3-7-22-9-11)20-5-1-12(2-6-20)19-15-14-13(4-8-23-14)17-10-18-15/h3-4,7-10,12H,1-2,5-6H2,(H,17,18,19). The second kappa shape index (κ2) is 6.00. The first-order valence-electron chi connectivity index (χ1n) is 7.57. The highest BCUT2D eigenvalue weighted by Gasteiger charge is 2.24. The van der Waals surface area contributed by atoms with Crippen LogP contribution in [0.3, 0.4) is 0 Å². The highest BCUT2D eigenvalue weighted by molar-refractivity contribution is 7.17. The molecule has 1 N–H and O–H groups in total. The summed E-state index contributed by atoms with van der Waals surface area (Å²) in [5.74, 6) is 0.935. The predicted molar refractivity (Wildman–Crippen MR) is 88.7 cm³/mol. The molecule has 118 valence electrons. The summed E-state index contributed by atoms with van der Waals surface area (Å²) in [6, 6.07) is 4.03. The number of nitrogens with one attached hydrogen (secondary N) is 1. The Morgan fingerprint density at radius 1 is 1.30 bits per heavy atom. The second-order valence-corrected chi connectivity index (χ2v) is 6.50. The maximum atomic E-state index is 12.3. The number of nitrogens with zero attached hydrogens (tertiary/aromatic N) is 3. The number of likely N-dealkylation sites (tertiary alicyclic amines) is 1. The molecule has 1 amide bonds. The fourth-order valence-corrected chi connectivity index (χ4v) is 3.68. The van der Waals surface area contributed by atoms with Crippen molar-refractivity contribution in [3.05, 3.63) is 41.9 Å². The topological polar surface area (TPSA) is 71.3 Å². The van der Waals surface area contributed by atoms with Gasteiger partial charge in [-0.3, -0.25) is 4.79 Å². The quantitative estimate of drug-likeness (QED) is 0.800. The second-order valence-electron chi connectivity index (χ2n) is 5.58. The van der Waals surface area contributed by atoms with Crippen molar-refractivity contribution in [3.8, 4) is 0 Å². The van der Waals surface area contributed by atoms with Gasteiger partial charge in [0.2, 0.25) is 0 Å². The molecule has 6 nitrogen and oxygen atoms in total. The van der Waals surface area contributed by atoms with Crippen molar-refractivity contribution < 1.29 is 9.21 Å². The van der Waals surface area contributed by atoms with Crippen LogP contribution in [0.2, 0.25) is 0 Å². The molecule has 0 spiro atoms. The predicted octanol–water partition coefficient (Wildman–Crippen LogP) is 3.00. The molecular formula is C16H16N4O2S. The zero-order valence-corrected chi connectivity index (χ0v) is 13.3. The van der Waals surface area contributed by atoms with Crippen LogP contribution < -0.4 is 5.32 Å². The van der Waals surface area contributed by atoms with Crippen LogP contribution in [0.4, 0.5) is 5.82 Å². The van der Waals surface area contributed by atoms with Crippen molar-refractivity contribution in [3.63, 3.8) is 0 Å². The monoisotopic (exact) mass is 328 g/mol. The van der Waals surface area contributed by atoms with E-state index < -0.39 is 0 Å². The molecule has 0 radical (unpaired) electrons. The number of aromatic nitrogens is 2. The molecule has 0 bridgehead atoms. The molecule has 0 unspecified atom stereocenters. The first-order valence-corrected chi connectivity index (χ1v) is 8.45. The Balaban J connectivity index is 1.40. The SMILES string of the molecule is O=C(c1ccoc1)N1CCC(Nc2ncnc3ccsc23)CC1. The van der Waals surface area contributed by atoms with Gasteiger partial charge >= 0.3 is 0 Å². The Bertz CT molecular complexity index is 806. The number of fused-ring (bicyclic) bond motifs is 1. The lowest BCUT2D eigenvalue weighted by molar-refractivity contribution is 0.0718. The molecule has 0 aliphatic carbocycles. The van der Waals surface area contributed by atoms with Crippen LogP contribution in [-0.2, 0) is 0 Å². The van der Waals surface area contributed by atoms with Crippen LogP contribution in [0.25, 0.3) is 10.2 Å². The molecule has 1 aliphatic heterocycles. The van der Waals surface area contributed by atoms with E-state index in [1.54, 1.807) is 23.7 Å². The lowest BCUT2D eigenvalue weighted by Crippen LogP contribution is -2.42. The molecule has 3 aromatic heterocycles. The molecule has 1 fully saturated rings. The van der Waals surface area contributed by atoms with Crippen molar-refractivity contribution in [1.29, 1.82) is 0 Å². The summed E-state index contributed by atoms with van der Waals surface area (Å²) in [5, 5.41) is 5.53. The van der Waals surface area contributed by atoms with Crippen molar-refractivity contribution in [1.82, 2.24) is 14.9 Å². The van der Waals surface area contributed by atoms with Gasteiger partial charge in [0, 0.05) is 19.1 Å². The van der Waals surface area contributed by atoms with Crippen molar-refractivity contribution >= 4 is 33.3 Å². The minimum Gasteiger partial charge on any atom is -0.472 e. The van der Waals surface area contributed by atoms with Gasteiger partial charge in [-0.15, -0.1) is 11.3 Å². The molecule has 0 saturated carbocycles. The van der Waals surface area contributed by atoms with E-state index in [1.165, 1.54) is 12.5 Å². The summed E-state index contributed by atoms with van der Waals surface area (Å²) in [4.78, 5) is 22.8. The number of carbonyl (C=O) groups excluding carboxylic acids is 1. The van der Waals surface area contributed by atoms with Gasteiger partial charge in [0.25, 0.3) is 5.91 Å². The van der Waals surface area contributed by atoms with E-state index in [4.69, 9.17) is 4.42 Å². The maximum Gasteiger partial charge on any atom is 0.257 e. The summed E-state index contributed by atoms with van der Waals surface area (Å²) < 4.78 is 6.07. The molecule has 4 heterocycles. The maximum absolute atomic E-state index is 12.3. The molecule has 1 aliphatic rings. The lowest BCUT2D eigenvalue weighted by Gasteiger charge is -2.32. The summed E-state index contributed by atoms with van der Waals surface area (Å²) >= 11 is 1.64. The smallest absolute Gasteiger partial charge is 0.257 e. The first-order chi connectivity index (χ1) is 11.3. The fourth-order valence-electron chi connectivity index (χ4n) is 2.88. The Hall–Kier alpha value is -2.41. The third-order valence-corrected chi connectivity index (χ3v) is 5.04. The summed E-state index contributed by atoms with van der Waals surface area (Å²) in [6.45, 7) is 1.47. The summed E-state index contributed by atoms with van der Waals surface area (Å²) in [6.07, 6.45) is 6.43. The van der Waals surface area contributed by atoms with Gasteiger partial charge in [-0.1, -0.05) is 0 Å². The number of hydrogen-bond donors (Lipinski definition) is 1. The number of amides is 1. The zero-order chi connectivity index (χ0) is 15.6. The van der Waals surface area contributed by atoms with Crippen LogP contribution in [0.5, 0.6) is 0 Å². The van der Waals surface area contributed by atoms with Gasteiger partial charge in [0.15, 0.2) is 0 Å². The molecule has 23 heavy (non-hydrogen) atoms. The zero-order valence-electron chi connectivity index (χ0n) is 12.4. The number of piperidine rings is 1. The van der Waals surface area contributed by atoms with E-state index in [2.05, 4.69) is 15.3 Å². The molecular weight excluding hydrogens is 312 g/mol. The first kappa shape index (κ1) is 14.2. The van der Waals surface area contributed by atoms with Gasteiger partial charge in [0.05, 0.1) is 22.0 Å². The van der Waals surface area contributed by atoms with E-state index in [0.29, 0.717) is 11.6 Å². The molecule has 1 saturated heterocycles. The summed E-state index contributed by atoms with van der Waals surface area (Å²) in [7, 11) is 0. The van der Waals surface area contributed by atoms with E-state index in [9.17, 15) is 4.79 Å². The minimum atomic E-state index is 0.0416. The van der Waals surface area contributed by atoms with Gasteiger partial charge in [-0.2, -0.15) is 0 Å². The Morgan fingerprint density at radius 3 is 2.96 bits per heavy atom. The minimum absolute atomic E-state index is 0.0416. The molecule has 7 heteroatoms. The normalized spacial score (nSPS) is 15.9. The highest BCUT2D eigenvalue weighted by atomic mass is 32.1. The fraction of sp³-hybridized carbons (Fsp3) is 0.312. The molecule has 0 atom stereocenters. The molecule has 0 aromatic carbocycles. The molecule has 3 aromatic rings. The summed E-state index contributed by atoms with van der Waals surface area (Å²) in [5.41, 5.74) is 1.59. The number of furan rings is 1. The van der Waals surface area contributed by atoms with Gasteiger partial charge in [0.1, 0.15) is 18.4 Å². The average Bonchev–Trinajstić information content (AvgIpc) is 3.27. The van der Waals surface area contributed by atoms with Gasteiger partial charge in [-0.05, 0) is 30.4 Å². The van der Waals surface area contributed by atoms with E-state index in [0.717, 1.165) is 42.0 Å². The van der Waals surface area contributed by atoms with Crippen LogP contribution in [0, 0.1) is 0 Å². The number of anilines is 1. The molecule has 4 rings (SSSR count). The van der Waals surface area contributed by atoms with Crippen molar-refractivity contribution in [2.75, 3.05) is 18.4 Å². The van der Waals surface area contributed by atoms with E-state index in [1.807, 2.05) is 16.3 Å². The average molecular weight is 328 g/mol. The number of rotatable bonds is 3. The van der Waals surface area contributed by atoms with Crippen LogP contribution in [0.1, 0.15) is 23.2 Å². The van der Waals surface area contributed by atoms with Crippen molar-refractivity contribution in [2.45, 2.75) is 18.9 Å². The highest BCUT2D eigenvalue weighted by Crippen LogP contribution is 2.27. The van der Waals surface area contributed by atoms with Gasteiger partial charge in [-0.25, -0.2) is 9.97 Å². The third-order valence-electron chi connectivity index (χ3n) is 4.13. The van der Waals surface area contributed by atoms with Crippen LogP contribution in [0.15, 0.2) is 40.8 Å². The van der Waals surface area contributed by atoms with Crippen LogP contribution >= 0.6 is 11.3 Å². The number of thiophene rings is 1. The van der Waals surface area contributed by atoms with Crippen LogP contribution in [-0.4, -0.2) is 39.9 Å². The van der Waals surface area contributed by atoms with Gasteiger partial charge < -0.3 is 14.6 Å². The Labute approximate surface area is 137 Å². The number of carbonyl (C=O) groups is 1. The Kier molecular flexibility index (Phi) is 3.70.